The van der Waals surface area contributed by atoms with Crippen molar-refractivity contribution in [3.63, 3.8) is 0 Å². The fourth-order valence-corrected chi connectivity index (χ4v) is 4.12. The van der Waals surface area contributed by atoms with E-state index in [2.05, 4.69) is 30.4 Å². The summed E-state index contributed by atoms with van der Waals surface area (Å²) in [4.78, 5) is 28.5. The molecule has 0 saturated carbocycles. The molecule has 0 radical (unpaired) electrons. The molecule has 2 aromatic carbocycles. The molecule has 1 saturated heterocycles. The summed E-state index contributed by atoms with van der Waals surface area (Å²) in [5.41, 5.74) is 3.05. The number of halogens is 1. The maximum atomic E-state index is 12.9. The zero-order chi connectivity index (χ0) is 20.6. The van der Waals surface area contributed by atoms with Crippen LogP contribution in [-0.2, 0) is 15.3 Å². The maximum Gasteiger partial charge on any atom is 0.238 e. The van der Waals surface area contributed by atoms with E-state index in [0.29, 0.717) is 37.6 Å². The highest BCUT2D eigenvalue weighted by Gasteiger charge is 2.22. The third kappa shape index (κ3) is 6.87. The van der Waals surface area contributed by atoms with Gasteiger partial charge in [-0.3, -0.25) is 14.5 Å². The molecule has 7 heteroatoms. The van der Waals surface area contributed by atoms with Crippen LogP contribution in [0, 0.1) is 12.7 Å². The molecule has 3 rings (SSSR count). The highest BCUT2D eigenvalue weighted by molar-refractivity contribution is 7.99. The molecule has 2 aromatic rings. The lowest BCUT2D eigenvalue weighted by Gasteiger charge is -2.34. The second-order valence-corrected chi connectivity index (χ2v) is 8.18. The Morgan fingerprint density at radius 1 is 1.07 bits per heavy atom. The monoisotopic (exact) mass is 415 g/mol. The molecule has 2 amide bonds. The van der Waals surface area contributed by atoms with Crippen molar-refractivity contribution in [2.45, 2.75) is 12.7 Å². The lowest BCUT2D eigenvalue weighted by Crippen LogP contribution is -2.50. The van der Waals surface area contributed by atoms with Gasteiger partial charge >= 0.3 is 0 Å². The Balaban J connectivity index is 1.35. The van der Waals surface area contributed by atoms with E-state index in [1.165, 1.54) is 35.4 Å². The van der Waals surface area contributed by atoms with Gasteiger partial charge in [-0.2, -0.15) is 0 Å². The average Bonchev–Trinajstić information content (AvgIpc) is 2.70. The highest BCUT2D eigenvalue weighted by Crippen LogP contribution is 2.15. The second kappa shape index (κ2) is 10.4. The standard InChI is InChI=1S/C22H26FN3O2S/c1-17-3-2-4-18(13-17)15-29-16-22(28)26-11-9-25(10-12-26)14-21(27)24-20-7-5-19(23)6-8-20/h2-8,13H,9-12,14-16H2,1H3,(H,24,27). The van der Waals surface area contributed by atoms with Gasteiger partial charge in [-0.05, 0) is 36.8 Å². The Labute approximate surface area is 175 Å². The molecule has 0 bridgehead atoms. The molecule has 0 aliphatic carbocycles. The number of thioether (sulfide) groups is 1. The van der Waals surface area contributed by atoms with E-state index in [0.717, 1.165) is 5.75 Å². The third-order valence-electron chi connectivity index (χ3n) is 4.80. The molecule has 1 aliphatic rings. The van der Waals surface area contributed by atoms with E-state index < -0.39 is 0 Å². The third-order valence-corrected chi connectivity index (χ3v) is 5.79. The van der Waals surface area contributed by atoms with Crippen LogP contribution in [0.5, 0.6) is 0 Å². The SMILES string of the molecule is Cc1cccc(CSCC(=O)N2CCN(CC(=O)Nc3ccc(F)cc3)CC2)c1. The van der Waals surface area contributed by atoms with E-state index in [1.54, 1.807) is 11.8 Å². The smallest absolute Gasteiger partial charge is 0.238 e. The minimum absolute atomic E-state index is 0.134. The predicted octanol–water partition coefficient (Wildman–Crippen LogP) is 3.15. The summed E-state index contributed by atoms with van der Waals surface area (Å²) in [5.74, 6) is 0.986. The van der Waals surface area contributed by atoms with Gasteiger partial charge in [0, 0.05) is 37.6 Å². The minimum atomic E-state index is -0.333. The van der Waals surface area contributed by atoms with Crippen LogP contribution in [0.2, 0.25) is 0 Å². The molecule has 0 unspecified atom stereocenters. The first kappa shape index (κ1) is 21.3. The number of rotatable bonds is 7. The number of amides is 2. The molecule has 0 aromatic heterocycles. The number of carbonyl (C=O) groups is 2. The summed E-state index contributed by atoms with van der Waals surface area (Å²) in [6, 6.07) is 14.1. The topological polar surface area (TPSA) is 52.7 Å². The second-order valence-electron chi connectivity index (χ2n) is 7.19. The van der Waals surface area contributed by atoms with Gasteiger partial charge in [0.05, 0.1) is 12.3 Å². The molecule has 1 N–H and O–H groups in total. The van der Waals surface area contributed by atoms with Crippen LogP contribution in [0.4, 0.5) is 10.1 Å². The van der Waals surface area contributed by atoms with E-state index >= 15 is 0 Å². The van der Waals surface area contributed by atoms with Gasteiger partial charge in [0.1, 0.15) is 5.82 Å². The van der Waals surface area contributed by atoms with Gasteiger partial charge in [0.2, 0.25) is 11.8 Å². The number of nitrogens with one attached hydrogen (secondary N) is 1. The number of benzene rings is 2. The molecule has 0 spiro atoms. The van der Waals surface area contributed by atoms with E-state index in [-0.39, 0.29) is 24.2 Å². The molecule has 1 aliphatic heterocycles. The molecule has 1 heterocycles. The number of carbonyl (C=O) groups excluding carboxylic acids is 2. The first-order chi connectivity index (χ1) is 14.0. The van der Waals surface area contributed by atoms with Crippen molar-refractivity contribution in [2.24, 2.45) is 0 Å². The average molecular weight is 416 g/mol. The number of nitrogens with zero attached hydrogens (tertiary/aromatic N) is 2. The van der Waals surface area contributed by atoms with Gasteiger partial charge in [0.15, 0.2) is 0 Å². The Hall–Kier alpha value is -2.38. The summed E-state index contributed by atoms with van der Waals surface area (Å²) in [6.07, 6.45) is 0. The quantitative estimate of drug-likeness (QED) is 0.755. The Bertz CT molecular complexity index is 836. The lowest BCUT2D eigenvalue weighted by atomic mass is 10.2. The van der Waals surface area contributed by atoms with E-state index in [1.807, 2.05) is 15.9 Å². The largest absolute Gasteiger partial charge is 0.339 e. The van der Waals surface area contributed by atoms with Crippen LogP contribution >= 0.6 is 11.8 Å². The summed E-state index contributed by atoms with van der Waals surface area (Å²) in [5, 5.41) is 2.77. The summed E-state index contributed by atoms with van der Waals surface area (Å²) < 4.78 is 12.9. The van der Waals surface area contributed by atoms with Crippen molar-refractivity contribution in [1.29, 1.82) is 0 Å². The Morgan fingerprint density at radius 3 is 2.48 bits per heavy atom. The van der Waals surface area contributed by atoms with E-state index in [4.69, 9.17) is 0 Å². The fraction of sp³-hybridized carbons (Fsp3) is 0.364. The normalized spacial score (nSPS) is 14.6. The predicted molar refractivity (Wildman–Crippen MR) is 115 cm³/mol. The fourth-order valence-electron chi connectivity index (χ4n) is 3.24. The van der Waals surface area contributed by atoms with E-state index in [9.17, 15) is 14.0 Å². The Morgan fingerprint density at radius 2 is 1.79 bits per heavy atom. The van der Waals surface area contributed by atoms with Gasteiger partial charge in [-0.25, -0.2) is 4.39 Å². The van der Waals surface area contributed by atoms with Crippen molar-refractivity contribution >= 4 is 29.3 Å². The van der Waals surface area contributed by atoms with Gasteiger partial charge in [0.25, 0.3) is 0 Å². The number of hydrogen-bond donors (Lipinski definition) is 1. The molecule has 0 atom stereocenters. The minimum Gasteiger partial charge on any atom is -0.339 e. The van der Waals surface area contributed by atoms with Crippen molar-refractivity contribution in [2.75, 3.05) is 43.8 Å². The zero-order valence-corrected chi connectivity index (χ0v) is 17.4. The summed E-state index contributed by atoms with van der Waals surface area (Å²) >= 11 is 1.63. The first-order valence-electron chi connectivity index (χ1n) is 9.68. The number of hydrogen-bond acceptors (Lipinski definition) is 4. The lowest BCUT2D eigenvalue weighted by molar-refractivity contribution is -0.130. The molecule has 154 valence electrons. The number of anilines is 1. The van der Waals surface area contributed by atoms with Crippen LogP contribution in [0.25, 0.3) is 0 Å². The number of piperazine rings is 1. The number of aryl methyl sites for hydroxylation is 1. The molecular formula is C22H26FN3O2S. The van der Waals surface area contributed by atoms with Crippen molar-refractivity contribution in [3.8, 4) is 0 Å². The molecule has 1 fully saturated rings. The zero-order valence-electron chi connectivity index (χ0n) is 16.6. The van der Waals surface area contributed by atoms with Crippen molar-refractivity contribution < 1.29 is 14.0 Å². The van der Waals surface area contributed by atoms with Gasteiger partial charge in [-0.1, -0.05) is 29.8 Å². The molecule has 5 nitrogen and oxygen atoms in total. The first-order valence-corrected chi connectivity index (χ1v) is 10.8. The van der Waals surface area contributed by atoms with Crippen LogP contribution in [0.1, 0.15) is 11.1 Å². The van der Waals surface area contributed by atoms with Crippen LogP contribution in [-0.4, -0.2) is 60.1 Å². The Kier molecular flexibility index (Phi) is 7.66. The van der Waals surface area contributed by atoms with Gasteiger partial charge < -0.3 is 10.2 Å². The van der Waals surface area contributed by atoms with Crippen LogP contribution < -0.4 is 5.32 Å². The van der Waals surface area contributed by atoms with Gasteiger partial charge in [-0.15, -0.1) is 11.8 Å². The molecule has 29 heavy (non-hydrogen) atoms. The molecular weight excluding hydrogens is 389 g/mol. The highest BCUT2D eigenvalue weighted by atomic mass is 32.2. The van der Waals surface area contributed by atoms with Crippen molar-refractivity contribution in [1.82, 2.24) is 9.80 Å². The summed E-state index contributed by atoms with van der Waals surface area (Å²) in [7, 11) is 0. The van der Waals surface area contributed by atoms with Crippen molar-refractivity contribution in [3.05, 3.63) is 65.5 Å². The maximum absolute atomic E-state index is 12.9. The van der Waals surface area contributed by atoms with Crippen LogP contribution in [0.15, 0.2) is 48.5 Å². The van der Waals surface area contributed by atoms with Crippen LogP contribution in [0.3, 0.4) is 0 Å². The summed E-state index contributed by atoms with van der Waals surface area (Å²) in [6.45, 7) is 4.94.